The van der Waals surface area contributed by atoms with Crippen LogP contribution in [0.2, 0.25) is 0 Å². The molecule has 0 N–H and O–H groups in total. The van der Waals surface area contributed by atoms with Crippen LogP contribution in [0.3, 0.4) is 0 Å². The van der Waals surface area contributed by atoms with Crippen molar-refractivity contribution in [2.24, 2.45) is 16.8 Å². The van der Waals surface area contributed by atoms with E-state index in [4.69, 9.17) is 14.5 Å². The van der Waals surface area contributed by atoms with Gasteiger partial charge in [-0.2, -0.15) is 4.99 Å². The molecule has 0 bridgehead atoms. The molecule has 1 saturated carbocycles. The van der Waals surface area contributed by atoms with E-state index in [-0.39, 0.29) is 46.5 Å². The summed E-state index contributed by atoms with van der Waals surface area (Å²) < 4.78 is 14.5. The third-order valence-electron chi connectivity index (χ3n) is 8.07. The number of fused-ring (bicyclic) bond motifs is 2. The number of hydrogen-bond donors (Lipinski definition) is 0. The highest BCUT2D eigenvalue weighted by Crippen LogP contribution is 2.32. The topological polar surface area (TPSA) is 104 Å². The molecule has 1 unspecified atom stereocenters. The minimum atomic E-state index is -0.618. The van der Waals surface area contributed by atoms with Gasteiger partial charge in [-0.3, -0.25) is 14.0 Å². The van der Waals surface area contributed by atoms with Crippen LogP contribution < -0.4 is 11.0 Å². The van der Waals surface area contributed by atoms with Gasteiger partial charge in [-0.05, 0) is 69.6 Å². The van der Waals surface area contributed by atoms with Crippen LogP contribution in [0.1, 0.15) is 82.0 Å². The fourth-order valence-electron chi connectivity index (χ4n) is 5.91. The maximum atomic E-state index is 13.6. The van der Waals surface area contributed by atoms with Crippen LogP contribution in [0.5, 0.6) is 0 Å². The highest BCUT2D eigenvalue weighted by atomic mass is 16.5. The number of hydrogen-bond acceptors (Lipinski definition) is 6. The molecule has 2 fully saturated rings. The summed E-state index contributed by atoms with van der Waals surface area (Å²) in [5.41, 5.74) is 0.849. The number of carbonyl (C=O) groups is 2. The quantitative estimate of drug-likeness (QED) is 0.313. The summed E-state index contributed by atoms with van der Waals surface area (Å²) in [5.74, 6) is -0.361. The van der Waals surface area contributed by atoms with Gasteiger partial charge in [-0.15, -0.1) is 0 Å². The zero-order valence-corrected chi connectivity index (χ0v) is 22.9. The first-order valence-electron chi connectivity index (χ1n) is 14.4. The summed E-state index contributed by atoms with van der Waals surface area (Å²) in [6, 6.07) is 6.82. The SMILES string of the molecule is CCCCC1CCC(C(=O)N=c2c(C(=O)OCC)cc3c(=O)n4ccccc4nc3n2CC2CCCO2)CC1. The summed E-state index contributed by atoms with van der Waals surface area (Å²) in [7, 11) is 0. The maximum Gasteiger partial charge on any atom is 0.341 e. The van der Waals surface area contributed by atoms with Gasteiger partial charge in [0.15, 0.2) is 5.49 Å². The van der Waals surface area contributed by atoms with Crippen molar-refractivity contribution in [3.63, 3.8) is 0 Å². The van der Waals surface area contributed by atoms with Crippen molar-refractivity contribution in [1.29, 1.82) is 0 Å². The van der Waals surface area contributed by atoms with Crippen LogP contribution in [0.25, 0.3) is 16.7 Å². The van der Waals surface area contributed by atoms with E-state index in [1.54, 1.807) is 29.8 Å². The van der Waals surface area contributed by atoms with Crippen molar-refractivity contribution in [2.75, 3.05) is 13.2 Å². The Balaban J connectivity index is 1.66. The smallest absolute Gasteiger partial charge is 0.341 e. The van der Waals surface area contributed by atoms with Gasteiger partial charge < -0.3 is 14.0 Å². The van der Waals surface area contributed by atoms with E-state index >= 15 is 0 Å². The molecule has 208 valence electrons. The molecule has 5 rings (SSSR count). The molecular weight excluding hydrogens is 496 g/mol. The summed E-state index contributed by atoms with van der Waals surface area (Å²) in [5, 5.41) is 0.266. The van der Waals surface area contributed by atoms with E-state index in [2.05, 4.69) is 11.9 Å². The lowest BCUT2D eigenvalue weighted by Gasteiger charge is -2.26. The first-order chi connectivity index (χ1) is 19.0. The number of esters is 1. The number of rotatable bonds is 8. The molecule has 1 aliphatic carbocycles. The molecule has 4 heterocycles. The lowest BCUT2D eigenvalue weighted by atomic mass is 9.79. The lowest BCUT2D eigenvalue weighted by Crippen LogP contribution is -2.36. The average molecular weight is 535 g/mol. The Labute approximate surface area is 227 Å². The second-order valence-corrected chi connectivity index (χ2v) is 10.7. The Morgan fingerprint density at radius 1 is 1.15 bits per heavy atom. The van der Waals surface area contributed by atoms with Crippen LogP contribution in [0.4, 0.5) is 0 Å². The Hall–Kier alpha value is -3.33. The van der Waals surface area contributed by atoms with Crippen molar-refractivity contribution in [3.05, 3.63) is 51.9 Å². The molecular formula is C30H38N4O5. The predicted molar refractivity (Wildman–Crippen MR) is 147 cm³/mol. The number of nitrogens with zero attached hydrogens (tertiary/aromatic N) is 4. The van der Waals surface area contributed by atoms with Crippen LogP contribution in [0.15, 0.2) is 40.2 Å². The van der Waals surface area contributed by atoms with E-state index in [1.165, 1.54) is 29.7 Å². The van der Waals surface area contributed by atoms with Crippen molar-refractivity contribution >= 4 is 28.6 Å². The lowest BCUT2D eigenvalue weighted by molar-refractivity contribution is -0.123. The zero-order valence-electron chi connectivity index (χ0n) is 22.9. The average Bonchev–Trinajstić information content (AvgIpc) is 3.47. The Bertz CT molecular complexity index is 1480. The number of aromatic nitrogens is 3. The van der Waals surface area contributed by atoms with Gasteiger partial charge in [-0.1, -0.05) is 32.3 Å². The number of pyridine rings is 2. The largest absolute Gasteiger partial charge is 0.462 e. The zero-order chi connectivity index (χ0) is 27.4. The normalized spacial score (nSPS) is 22.0. The standard InChI is InChI=1S/C30H38N4O5/c1-3-5-9-20-12-14-21(15-13-20)28(35)32-27-24(30(37)38-4-2)18-23-26(34(27)19-22-10-8-17-39-22)31-25-11-6-7-16-33(25)29(23)36/h6-7,11,16,18,20-22H,3-5,8-10,12-15,17,19H2,1-2H3. The van der Waals surface area contributed by atoms with Gasteiger partial charge in [0.05, 0.1) is 24.6 Å². The van der Waals surface area contributed by atoms with Gasteiger partial charge in [0.1, 0.15) is 16.9 Å². The van der Waals surface area contributed by atoms with Crippen molar-refractivity contribution in [3.8, 4) is 0 Å². The van der Waals surface area contributed by atoms with Crippen LogP contribution in [0, 0.1) is 11.8 Å². The third kappa shape index (κ3) is 5.83. The number of unbranched alkanes of at least 4 members (excludes halogenated alkanes) is 1. The van der Waals surface area contributed by atoms with Crippen LogP contribution in [-0.2, 0) is 20.8 Å². The molecule has 0 radical (unpaired) electrons. The fourth-order valence-corrected chi connectivity index (χ4v) is 5.91. The molecule has 3 aromatic heterocycles. The predicted octanol–water partition coefficient (Wildman–Crippen LogP) is 4.43. The van der Waals surface area contributed by atoms with Gasteiger partial charge >= 0.3 is 5.97 Å². The number of amides is 1. The minimum absolute atomic E-state index is 0.0992. The van der Waals surface area contributed by atoms with Gasteiger partial charge in [-0.25, -0.2) is 9.78 Å². The minimum Gasteiger partial charge on any atom is -0.462 e. The van der Waals surface area contributed by atoms with E-state index < -0.39 is 5.97 Å². The highest BCUT2D eigenvalue weighted by Gasteiger charge is 2.28. The molecule has 9 nitrogen and oxygen atoms in total. The van der Waals surface area contributed by atoms with E-state index in [9.17, 15) is 14.4 Å². The second kappa shape index (κ2) is 12.2. The van der Waals surface area contributed by atoms with Crippen molar-refractivity contribution < 1.29 is 19.1 Å². The molecule has 2 aliphatic rings. The monoisotopic (exact) mass is 534 g/mol. The molecule has 0 aromatic carbocycles. The molecule has 9 heteroatoms. The highest BCUT2D eigenvalue weighted by molar-refractivity contribution is 5.94. The first kappa shape index (κ1) is 27.2. The molecule has 1 saturated heterocycles. The number of carbonyl (C=O) groups excluding carboxylic acids is 2. The molecule has 0 spiro atoms. The first-order valence-corrected chi connectivity index (χ1v) is 14.4. The van der Waals surface area contributed by atoms with Crippen LogP contribution in [-0.4, -0.2) is 45.1 Å². The van der Waals surface area contributed by atoms with E-state index in [1.807, 2.05) is 6.07 Å². The maximum absolute atomic E-state index is 13.6. The second-order valence-electron chi connectivity index (χ2n) is 10.7. The van der Waals surface area contributed by atoms with Gasteiger partial charge in [0.2, 0.25) is 0 Å². The summed E-state index contributed by atoms with van der Waals surface area (Å²) in [6.45, 7) is 5.06. The summed E-state index contributed by atoms with van der Waals surface area (Å²) in [6.07, 6.45) is 10.5. The van der Waals surface area contributed by atoms with E-state index in [0.29, 0.717) is 30.4 Å². The third-order valence-corrected chi connectivity index (χ3v) is 8.07. The Kier molecular flexibility index (Phi) is 8.55. The van der Waals surface area contributed by atoms with Crippen molar-refractivity contribution in [2.45, 2.75) is 84.3 Å². The molecule has 1 amide bonds. The number of ether oxygens (including phenoxy) is 2. The molecule has 1 atom stereocenters. The molecule has 39 heavy (non-hydrogen) atoms. The molecule has 1 aliphatic heterocycles. The Morgan fingerprint density at radius 3 is 2.69 bits per heavy atom. The van der Waals surface area contributed by atoms with Crippen LogP contribution >= 0.6 is 0 Å². The summed E-state index contributed by atoms with van der Waals surface area (Å²) in [4.78, 5) is 49.7. The summed E-state index contributed by atoms with van der Waals surface area (Å²) >= 11 is 0. The van der Waals surface area contributed by atoms with Gasteiger partial charge in [0, 0.05) is 18.7 Å². The Morgan fingerprint density at radius 2 is 1.97 bits per heavy atom. The fraction of sp³-hybridized carbons (Fsp3) is 0.567. The molecule has 3 aromatic rings. The van der Waals surface area contributed by atoms with E-state index in [0.717, 1.165) is 38.5 Å². The van der Waals surface area contributed by atoms with Crippen molar-refractivity contribution in [1.82, 2.24) is 14.0 Å². The van der Waals surface area contributed by atoms with Gasteiger partial charge in [0.25, 0.3) is 11.5 Å².